The lowest BCUT2D eigenvalue weighted by Gasteiger charge is -2.08. The molecule has 0 spiro atoms. The summed E-state index contributed by atoms with van der Waals surface area (Å²) in [6, 6.07) is 9.81. The molecule has 0 radical (unpaired) electrons. The van der Waals surface area contributed by atoms with Crippen molar-refractivity contribution in [2.45, 2.75) is 79.3 Å². The van der Waals surface area contributed by atoms with Gasteiger partial charge in [0.15, 0.2) is 5.96 Å². The molecule has 0 fully saturated rings. The van der Waals surface area contributed by atoms with Crippen LogP contribution in [0.25, 0.3) is 16.7 Å². The van der Waals surface area contributed by atoms with Crippen LogP contribution < -0.4 is 28.2 Å². The first kappa shape index (κ1) is 30.9. The maximum absolute atomic E-state index is 12.2. The molecule has 3 rings (SSSR count). The first-order valence-electron chi connectivity index (χ1n) is 12.7. The third-order valence-corrected chi connectivity index (χ3v) is 4.70. The number of guanidine groups is 1. The highest BCUT2D eigenvalue weighted by atomic mass is 16.1. The maximum atomic E-state index is 12.2. The lowest BCUT2D eigenvalue weighted by Crippen LogP contribution is -2.26. The Balaban J connectivity index is 0.000000550. The molecule has 0 bridgehead atoms. The predicted molar refractivity (Wildman–Crippen MR) is 153 cm³/mol. The number of fused-ring (bicyclic) bond motifs is 1. The van der Waals surface area contributed by atoms with Gasteiger partial charge in [-0.2, -0.15) is 4.98 Å². The van der Waals surface area contributed by atoms with Crippen LogP contribution in [0.4, 0.5) is 0 Å². The molecule has 36 heavy (non-hydrogen) atoms. The van der Waals surface area contributed by atoms with E-state index in [1.807, 2.05) is 64.2 Å². The molecule has 9 heteroatoms. The Morgan fingerprint density at radius 1 is 1.11 bits per heavy atom. The number of benzene rings is 1. The average molecular weight is 499 g/mol. The van der Waals surface area contributed by atoms with Gasteiger partial charge >= 0.3 is 5.69 Å². The van der Waals surface area contributed by atoms with Crippen LogP contribution in [0.1, 0.15) is 71.6 Å². The highest BCUT2D eigenvalue weighted by Gasteiger charge is 2.06. The number of nitrogens with two attached hydrogens (primary N) is 3. The first-order valence-corrected chi connectivity index (χ1v) is 12.7. The summed E-state index contributed by atoms with van der Waals surface area (Å²) in [5.74, 6) is 0.123. The number of hydrogen-bond donors (Lipinski definition) is 5. The van der Waals surface area contributed by atoms with Crippen LogP contribution in [-0.4, -0.2) is 39.1 Å². The molecule has 0 unspecified atom stereocenters. The fourth-order valence-corrected chi connectivity index (χ4v) is 3.09. The molecular weight excluding hydrogens is 452 g/mol. The number of unbranched alkanes of at least 4 members (excludes halogenated alkanes) is 2. The number of H-pyrrole nitrogens is 1. The van der Waals surface area contributed by atoms with E-state index in [1.165, 1.54) is 19.3 Å². The Labute approximate surface area is 215 Å². The highest BCUT2D eigenvalue weighted by Crippen LogP contribution is 2.13. The second-order valence-corrected chi connectivity index (χ2v) is 9.87. The third-order valence-electron chi connectivity index (χ3n) is 4.70. The fraction of sp³-hybridized carbons (Fsp3) is 0.519. The maximum Gasteiger partial charge on any atom is 0.354 e. The summed E-state index contributed by atoms with van der Waals surface area (Å²) in [4.78, 5) is 23.3. The van der Waals surface area contributed by atoms with Gasteiger partial charge in [0.1, 0.15) is 5.65 Å². The van der Waals surface area contributed by atoms with E-state index in [0.29, 0.717) is 12.2 Å². The van der Waals surface area contributed by atoms with Gasteiger partial charge in [-0.15, -0.1) is 0 Å². The van der Waals surface area contributed by atoms with Crippen molar-refractivity contribution in [2.24, 2.45) is 22.2 Å². The average Bonchev–Trinajstić information content (AvgIpc) is 3.14. The second kappa shape index (κ2) is 15.7. The molecule has 2 heterocycles. The molecule has 3 aromatic rings. The quantitative estimate of drug-likeness (QED) is 0.172. The van der Waals surface area contributed by atoms with Gasteiger partial charge in [0.05, 0.1) is 5.69 Å². The predicted octanol–water partition coefficient (Wildman–Crippen LogP) is 3.72. The van der Waals surface area contributed by atoms with Gasteiger partial charge in [-0.25, -0.2) is 4.79 Å². The second-order valence-electron chi connectivity index (χ2n) is 9.87. The van der Waals surface area contributed by atoms with E-state index in [-0.39, 0.29) is 17.2 Å². The summed E-state index contributed by atoms with van der Waals surface area (Å²) >= 11 is 0. The molecule has 0 atom stereocenters. The number of rotatable bonds is 9. The summed E-state index contributed by atoms with van der Waals surface area (Å²) < 4.78 is 1.56. The van der Waals surface area contributed by atoms with Crippen molar-refractivity contribution in [2.75, 3.05) is 13.1 Å². The molecule has 9 nitrogen and oxygen atoms in total. The highest BCUT2D eigenvalue weighted by molar-refractivity contribution is 5.76. The molecule has 200 valence electrons. The SMILES string of the molecule is CC(C)(C)N.CCCCC.Cc1cc2cn(-c3ccc(CNCCCN=C(N)N)cc3)c(=O)nc2[nH]1. The van der Waals surface area contributed by atoms with Crippen molar-refractivity contribution in [3.63, 3.8) is 0 Å². The number of hydrogen-bond acceptors (Lipinski definition) is 5. The van der Waals surface area contributed by atoms with Gasteiger partial charge in [0.25, 0.3) is 0 Å². The smallest absolute Gasteiger partial charge is 0.354 e. The van der Waals surface area contributed by atoms with E-state index in [2.05, 4.69) is 34.1 Å². The van der Waals surface area contributed by atoms with E-state index in [4.69, 9.17) is 17.2 Å². The largest absolute Gasteiger partial charge is 0.370 e. The van der Waals surface area contributed by atoms with Crippen LogP contribution >= 0.6 is 0 Å². The monoisotopic (exact) mass is 498 g/mol. The van der Waals surface area contributed by atoms with E-state index < -0.39 is 0 Å². The van der Waals surface area contributed by atoms with Crippen molar-refractivity contribution >= 4 is 17.0 Å². The van der Waals surface area contributed by atoms with Crippen molar-refractivity contribution in [3.05, 3.63) is 58.3 Å². The summed E-state index contributed by atoms with van der Waals surface area (Å²) in [6.07, 6.45) is 6.76. The van der Waals surface area contributed by atoms with Crippen LogP contribution in [0.2, 0.25) is 0 Å². The zero-order valence-corrected chi connectivity index (χ0v) is 22.9. The number of aliphatic imine (C=N–C) groups is 1. The van der Waals surface area contributed by atoms with Crippen molar-refractivity contribution in [1.82, 2.24) is 19.9 Å². The van der Waals surface area contributed by atoms with Crippen LogP contribution in [0.3, 0.4) is 0 Å². The Hall–Kier alpha value is -3.17. The Morgan fingerprint density at radius 3 is 2.25 bits per heavy atom. The van der Waals surface area contributed by atoms with Crippen molar-refractivity contribution in [1.29, 1.82) is 0 Å². The summed E-state index contributed by atoms with van der Waals surface area (Å²) in [6.45, 7) is 14.4. The zero-order valence-electron chi connectivity index (χ0n) is 22.9. The van der Waals surface area contributed by atoms with E-state index in [9.17, 15) is 4.79 Å². The van der Waals surface area contributed by atoms with Crippen LogP contribution in [0.5, 0.6) is 0 Å². The molecule has 0 aliphatic heterocycles. The minimum Gasteiger partial charge on any atom is -0.370 e. The van der Waals surface area contributed by atoms with Crippen LogP contribution in [0, 0.1) is 6.92 Å². The molecule has 0 saturated carbocycles. The number of nitrogens with one attached hydrogen (secondary N) is 2. The fourth-order valence-electron chi connectivity index (χ4n) is 3.09. The Bertz CT molecular complexity index is 1100. The van der Waals surface area contributed by atoms with Gasteiger partial charge < -0.3 is 27.5 Å². The zero-order chi connectivity index (χ0) is 27.1. The van der Waals surface area contributed by atoms with Gasteiger partial charge in [0, 0.05) is 35.9 Å². The molecule has 8 N–H and O–H groups in total. The van der Waals surface area contributed by atoms with Crippen molar-refractivity contribution in [3.8, 4) is 5.69 Å². The lowest BCUT2D eigenvalue weighted by atomic mass is 10.1. The van der Waals surface area contributed by atoms with Gasteiger partial charge in [-0.1, -0.05) is 45.2 Å². The Kier molecular flexibility index (Phi) is 13.5. The standard InChI is InChI=1S/C18H23N7O.C5H12.C4H11N/c1-12-9-14-11-25(18(26)24-16(14)23-12)15-5-3-13(4-6-15)10-21-7-2-8-22-17(19)20;1-3-5-4-2;1-4(2,3)5/h3-6,9,11,21H,2,7-8,10H2,1H3,(H4,19,20,22)(H,23,24,26);3-5H2,1-2H3;5H2,1-3H3. The van der Waals surface area contributed by atoms with E-state index in [1.54, 1.807) is 4.57 Å². The van der Waals surface area contributed by atoms with E-state index in [0.717, 1.165) is 41.8 Å². The summed E-state index contributed by atoms with van der Waals surface area (Å²) in [5, 5.41) is 4.25. The topological polar surface area (TPSA) is 153 Å². The summed E-state index contributed by atoms with van der Waals surface area (Å²) in [5.41, 5.74) is 19.1. The normalized spacial score (nSPS) is 10.8. The molecule has 0 aliphatic rings. The number of nitrogens with zero attached hydrogens (tertiary/aromatic N) is 3. The van der Waals surface area contributed by atoms with Gasteiger partial charge in [-0.05, 0) is 64.4 Å². The van der Waals surface area contributed by atoms with Gasteiger partial charge in [-0.3, -0.25) is 9.56 Å². The first-order chi connectivity index (χ1) is 16.9. The molecule has 0 aliphatic carbocycles. The van der Waals surface area contributed by atoms with Crippen LogP contribution in [0.15, 0.2) is 46.3 Å². The molecule has 0 saturated heterocycles. The number of aryl methyl sites for hydroxylation is 1. The van der Waals surface area contributed by atoms with E-state index >= 15 is 0 Å². The molecule has 1 aromatic carbocycles. The molecule has 2 aromatic heterocycles. The third kappa shape index (κ3) is 13.1. The lowest BCUT2D eigenvalue weighted by molar-refractivity contribution is 0.580. The minimum absolute atomic E-state index is 0. The molecule has 0 amide bonds. The number of aromatic amines is 1. The Morgan fingerprint density at radius 2 is 1.72 bits per heavy atom. The van der Waals surface area contributed by atoms with Crippen LogP contribution in [-0.2, 0) is 6.54 Å². The van der Waals surface area contributed by atoms with Crippen molar-refractivity contribution < 1.29 is 0 Å². The van der Waals surface area contributed by atoms with Gasteiger partial charge in [0.2, 0.25) is 0 Å². The number of aromatic nitrogens is 3. The minimum atomic E-state index is -0.301. The molecular formula is C27H46N8O. The summed E-state index contributed by atoms with van der Waals surface area (Å²) in [7, 11) is 0.